The van der Waals surface area contributed by atoms with Gasteiger partial charge in [-0.05, 0) is 11.6 Å². The van der Waals surface area contributed by atoms with Crippen molar-refractivity contribution >= 4 is 27.3 Å². The van der Waals surface area contributed by atoms with Crippen LogP contribution in [0.3, 0.4) is 0 Å². The standard InChI is InChI=1S/C12H13N3O4S2/c1-15(7-9-4-3-5-13-6-9)21(17,18)12-10(11(16)19-2)14-8-20-12/h3-6,8H,7H2,1-2H3. The van der Waals surface area contributed by atoms with Crippen LogP contribution in [0.5, 0.6) is 0 Å². The van der Waals surface area contributed by atoms with Crippen molar-refractivity contribution in [1.29, 1.82) is 0 Å². The van der Waals surface area contributed by atoms with Crippen LogP contribution in [0.25, 0.3) is 0 Å². The van der Waals surface area contributed by atoms with Gasteiger partial charge in [0.05, 0.1) is 12.6 Å². The van der Waals surface area contributed by atoms with Crippen LogP contribution in [0.1, 0.15) is 16.1 Å². The van der Waals surface area contributed by atoms with Gasteiger partial charge in [-0.15, -0.1) is 11.3 Å². The lowest BCUT2D eigenvalue weighted by Crippen LogP contribution is -2.27. The van der Waals surface area contributed by atoms with Crippen LogP contribution in [0, 0.1) is 0 Å². The summed E-state index contributed by atoms with van der Waals surface area (Å²) in [6.45, 7) is 0.148. The maximum Gasteiger partial charge on any atom is 0.358 e. The Hall–Kier alpha value is -1.84. The van der Waals surface area contributed by atoms with Gasteiger partial charge in [-0.1, -0.05) is 6.07 Å². The van der Waals surface area contributed by atoms with Crippen molar-refractivity contribution in [3.8, 4) is 0 Å². The molecule has 0 radical (unpaired) electrons. The van der Waals surface area contributed by atoms with E-state index in [0.29, 0.717) is 0 Å². The molecule has 2 aromatic rings. The summed E-state index contributed by atoms with van der Waals surface area (Å²) >= 11 is 0.882. The summed E-state index contributed by atoms with van der Waals surface area (Å²) < 4.78 is 30.6. The molecule has 7 nitrogen and oxygen atoms in total. The average Bonchev–Trinajstić information content (AvgIpc) is 2.97. The van der Waals surface area contributed by atoms with Crippen LogP contribution in [0.2, 0.25) is 0 Å². The van der Waals surface area contributed by atoms with E-state index < -0.39 is 16.0 Å². The van der Waals surface area contributed by atoms with E-state index in [1.807, 2.05) is 0 Å². The van der Waals surface area contributed by atoms with Gasteiger partial charge in [0.2, 0.25) is 0 Å². The fourth-order valence-corrected chi connectivity index (χ4v) is 4.11. The second-order valence-corrected chi connectivity index (χ2v) is 7.20. The first kappa shape index (κ1) is 15.5. The monoisotopic (exact) mass is 327 g/mol. The van der Waals surface area contributed by atoms with E-state index in [-0.39, 0.29) is 16.4 Å². The van der Waals surface area contributed by atoms with Crippen LogP contribution in [-0.4, -0.2) is 42.8 Å². The molecule has 0 aliphatic carbocycles. The number of ether oxygens (including phenoxy) is 1. The van der Waals surface area contributed by atoms with E-state index in [2.05, 4.69) is 14.7 Å². The molecule has 0 unspecified atom stereocenters. The van der Waals surface area contributed by atoms with Crippen molar-refractivity contribution in [2.45, 2.75) is 10.8 Å². The number of nitrogens with zero attached hydrogens (tertiary/aromatic N) is 3. The molecule has 0 amide bonds. The summed E-state index contributed by atoms with van der Waals surface area (Å²) in [5.41, 5.74) is 1.85. The van der Waals surface area contributed by atoms with Crippen molar-refractivity contribution < 1.29 is 17.9 Å². The number of esters is 1. The SMILES string of the molecule is COC(=O)c1ncsc1S(=O)(=O)N(C)Cc1cccnc1. The Morgan fingerprint density at radius 1 is 1.48 bits per heavy atom. The first-order chi connectivity index (χ1) is 9.96. The second kappa shape index (κ2) is 6.29. The number of pyridine rings is 1. The number of sulfonamides is 1. The minimum absolute atomic E-state index is 0.124. The van der Waals surface area contributed by atoms with E-state index in [9.17, 15) is 13.2 Å². The van der Waals surface area contributed by atoms with Crippen molar-refractivity contribution in [3.05, 3.63) is 41.3 Å². The van der Waals surface area contributed by atoms with E-state index in [0.717, 1.165) is 21.2 Å². The minimum atomic E-state index is -3.82. The van der Waals surface area contributed by atoms with E-state index >= 15 is 0 Å². The number of thiazole rings is 1. The molecule has 21 heavy (non-hydrogen) atoms. The minimum Gasteiger partial charge on any atom is -0.464 e. The number of methoxy groups -OCH3 is 1. The van der Waals surface area contributed by atoms with E-state index in [4.69, 9.17) is 0 Å². The molecule has 2 rings (SSSR count). The third kappa shape index (κ3) is 3.26. The molecule has 0 fully saturated rings. The lowest BCUT2D eigenvalue weighted by Gasteiger charge is -2.16. The average molecular weight is 327 g/mol. The third-order valence-electron chi connectivity index (χ3n) is 2.69. The molecule has 0 saturated heterocycles. The highest BCUT2D eigenvalue weighted by Gasteiger charge is 2.30. The summed E-state index contributed by atoms with van der Waals surface area (Å²) in [4.78, 5) is 19.3. The van der Waals surface area contributed by atoms with Gasteiger partial charge in [-0.25, -0.2) is 18.2 Å². The largest absolute Gasteiger partial charge is 0.464 e. The summed E-state index contributed by atoms with van der Waals surface area (Å²) in [7, 11) is -1.21. The zero-order chi connectivity index (χ0) is 15.5. The number of carbonyl (C=O) groups is 1. The molecular formula is C12H13N3O4S2. The molecule has 0 aliphatic heterocycles. The first-order valence-electron chi connectivity index (χ1n) is 5.84. The third-order valence-corrected chi connectivity index (χ3v) is 5.84. The van der Waals surface area contributed by atoms with Crippen LogP contribution < -0.4 is 0 Å². The number of rotatable bonds is 5. The lowest BCUT2D eigenvalue weighted by atomic mass is 10.3. The van der Waals surface area contributed by atoms with Gasteiger partial charge < -0.3 is 4.74 Å². The van der Waals surface area contributed by atoms with Gasteiger partial charge in [0.1, 0.15) is 0 Å². The molecule has 0 atom stereocenters. The van der Waals surface area contributed by atoms with Crippen LogP contribution in [-0.2, 0) is 21.3 Å². The lowest BCUT2D eigenvalue weighted by molar-refractivity contribution is 0.0590. The van der Waals surface area contributed by atoms with Crippen molar-refractivity contribution in [2.24, 2.45) is 0 Å². The maximum atomic E-state index is 12.5. The van der Waals surface area contributed by atoms with Crippen LogP contribution in [0.4, 0.5) is 0 Å². The fraction of sp³-hybridized carbons (Fsp3) is 0.250. The molecule has 0 bridgehead atoms. The predicted octanol–water partition coefficient (Wildman–Crippen LogP) is 1.15. The zero-order valence-corrected chi connectivity index (χ0v) is 13.0. The van der Waals surface area contributed by atoms with Gasteiger partial charge in [-0.3, -0.25) is 4.98 Å². The Labute approximate surface area is 126 Å². The smallest absolute Gasteiger partial charge is 0.358 e. The summed E-state index contributed by atoms with van der Waals surface area (Å²) in [6.07, 6.45) is 3.19. The Morgan fingerprint density at radius 2 is 2.24 bits per heavy atom. The number of aromatic nitrogens is 2. The van der Waals surface area contributed by atoms with Crippen molar-refractivity contribution in [1.82, 2.24) is 14.3 Å². The Balaban J connectivity index is 2.30. The van der Waals surface area contributed by atoms with Crippen molar-refractivity contribution in [3.63, 3.8) is 0 Å². The van der Waals surface area contributed by atoms with Crippen molar-refractivity contribution in [2.75, 3.05) is 14.2 Å². The van der Waals surface area contributed by atoms with Gasteiger partial charge in [0.15, 0.2) is 9.90 Å². The van der Waals surface area contributed by atoms with Gasteiger partial charge in [-0.2, -0.15) is 4.31 Å². The molecule has 2 aromatic heterocycles. The Bertz CT molecular complexity index is 728. The van der Waals surface area contributed by atoms with E-state index in [1.54, 1.807) is 24.5 Å². The molecule has 0 saturated carbocycles. The molecule has 0 aromatic carbocycles. The number of hydrogen-bond acceptors (Lipinski definition) is 7. The first-order valence-corrected chi connectivity index (χ1v) is 8.16. The molecule has 0 aliphatic rings. The van der Waals surface area contributed by atoms with Crippen LogP contribution >= 0.6 is 11.3 Å². The summed E-state index contributed by atoms with van der Waals surface area (Å²) in [5.74, 6) is -0.774. The predicted molar refractivity (Wildman–Crippen MR) is 76.3 cm³/mol. The highest BCUT2D eigenvalue weighted by Crippen LogP contribution is 2.24. The van der Waals surface area contributed by atoms with E-state index in [1.165, 1.54) is 19.7 Å². The van der Waals surface area contributed by atoms with Gasteiger partial charge >= 0.3 is 5.97 Å². The highest BCUT2D eigenvalue weighted by atomic mass is 32.2. The Morgan fingerprint density at radius 3 is 2.86 bits per heavy atom. The molecule has 112 valence electrons. The topological polar surface area (TPSA) is 89.5 Å². The summed E-state index contributed by atoms with van der Waals surface area (Å²) in [6, 6.07) is 3.50. The van der Waals surface area contributed by atoms with Gasteiger partial charge in [0.25, 0.3) is 10.0 Å². The normalized spacial score (nSPS) is 11.6. The second-order valence-electron chi connectivity index (χ2n) is 4.10. The summed E-state index contributed by atoms with van der Waals surface area (Å²) in [5, 5.41) is 0. The molecule has 0 N–H and O–H groups in total. The molecule has 9 heteroatoms. The fourth-order valence-electron chi connectivity index (χ4n) is 1.63. The zero-order valence-electron chi connectivity index (χ0n) is 11.4. The number of carbonyl (C=O) groups excluding carboxylic acids is 1. The molecule has 0 spiro atoms. The van der Waals surface area contributed by atoms with Crippen LogP contribution in [0.15, 0.2) is 34.2 Å². The maximum absolute atomic E-state index is 12.5. The highest BCUT2D eigenvalue weighted by molar-refractivity contribution is 7.91. The molecular weight excluding hydrogens is 314 g/mol. The van der Waals surface area contributed by atoms with Gasteiger partial charge in [0, 0.05) is 26.0 Å². The quantitative estimate of drug-likeness (QED) is 0.765. The number of hydrogen-bond donors (Lipinski definition) is 0. The molecule has 2 heterocycles. The Kier molecular flexibility index (Phi) is 4.66.